The summed E-state index contributed by atoms with van der Waals surface area (Å²) in [7, 11) is 0. The number of rotatable bonds is 1. The van der Waals surface area contributed by atoms with Gasteiger partial charge in [-0.2, -0.15) is 0 Å². The highest BCUT2D eigenvalue weighted by Crippen LogP contribution is 2.14. The van der Waals surface area contributed by atoms with Crippen LogP contribution in [-0.2, 0) is 0 Å². The maximum absolute atomic E-state index is 5.45. The molecule has 0 saturated carbocycles. The molecule has 0 aliphatic heterocycles. The Balaban J connectivity index is 2.63. The molecule has 0 atom stereocenters. The van der Waals surface area contributed by atoms with Crippen LogP contribution >= 0.6 is 0 Å². The number of allylic oxidation sites excluding steroid dienone is 2. The molecule has 0 aromatic carbocycles. The van der Waals surface area contributed by atoms with Crippen molar-refractivity contribution in [2.75, 3.05) is 6.54 Å². The van der Waals surface area contributed by atoms with Gasteiger partial charge in [-0.25, -0.2) is 0 Å². The van der Waals surface area contributed by atoms with Gasteiger partial charge >= 0.3 is 0 Å². The Kier molecular flexibility index (Phi) is 2.06. The smallest absolute Gasteiger partial charge is 0.0174 e. The van der Waals surface area contributed by atoms with E-state index < -0.39 is 0 Å². The van der Waals surface area contributed by atoms with Crippen molar-refractivity contribution in [2.24, 2.45) is 5.73 Å². The highest BCUT2D eigenvalue weighted by molar-refractivity contribution is 5.27. The molecule has 1 nitrogen and oxygen atoms in total. The largest absolute Gasteiger partial charge is 0.327 e. The van der Waals surface area contributed by atoms with Gasteiger partial charge in [0.25, 0.3) is 0 Å². The van der Waals surface area contributed by atoms with Crippen molar-refractivity contribution in [2.45, 2.75) is 19.8 Å². The first-order valence-corrected chi connectivity index (χ1v) is 3.39. The van der Waals surface area contributed by atoms with Crippen molar-refractivity contribution in [3.63, 3.8) is 0 Å². The van der Waals surface area contributed by atoms with Gasteiger partial charge in [0.15, 0.2) is 0 Å². The quantitative estimate of drug-likeness (QED) is 0.563. The summed E-state index contributed by atoms with van der Waals surface area (Å²) in [4.78, 5) is 0. The molecule has 1 aliphatic rings. The van der Waals surface area contributed by atoms with E-state index in [0.29, 0.717) is 6.54 Å². The molecule has 50 valence electrons. The van der Waals surface area contributed by atoms with Crippen LogP contribution in [0.25, 0.3) is 0 Å². The van der Waals surface area contributed by atoms with Crippen molar-refractivity contribution in [3.8, 4) is 0 Å². The molecule has 0 bridgehead atoms. The Labute approximate surface area is 56.2 Å². The van der Waals surface area contributed by atoms with Crippen molar-refractivity contribution in [1.82, 2.24) is 0 Å². The molecule has 0 amide bonds. The number of hydrogen-bond donors (Lipinski definition) is 1. The molecule has 9 heavy (non-hydrogen) atoms. The topological polar surface area (TPSA) is 26.0 Å². The maximum Gasteiger partial charge on any atom is 0.0174 e. The summed E-state index contributed by atoms with van der Waals surface area (Å²) in [6, 6.07) is 0. The predicted octanol–water partition coefficient (Wildman–Crippen LogP) is 1.61. The Morgan fingerprint density at radius 2 is 2.44 bits per heavy atom. The minimum absolute atomic E-state index is 0.692. The van der Waals surface area contributed by atoms with Crippen molar-refractivity contribution in [1.29, 1.82) is 0 Å². The molecule has 0 fully saturated rings. The van der Waals surface area contributed by atoms with E-state index in [1.165, 1.54) is 24.0 Å². The van der Waals surface area contributed by atoms with Crippen LogP contribution in [0.4, 0.5) is 0 Å². The van der Waals surface area contributed by atoms with Crippen LogP contribution in [0.1, 0.15) is 19.8 Å². The second-order valence-corrected chi connectivity index (χ2v) is 2.51. The van der Waals surface area contributed by atoms with Crippen LogP contribution in [0.2, 0.25) is 0 Å². The van der Waals surface area contributed by atoms with E-state index in [1.807, 2.05) is 0 Å². The molecule has 1 aliphatic carbocycles. The van der Waals surface area contributed by atoms with E-state index in [2.05, 4.69) is 19.1 Å². The van der Waals surface area contributed by atoms with Gasteiger partial charge in [-0.3, -0.25) is 0 Å². The van der Waals surface area contributed by atoms with Gasteiger partial charge in [-0.15, -0.1) is 0 Å². The lowest BCUT2D eigenvalue weighted by Gasteiger charge is -2.07. The Morgan fingerprint density at radius 1 is 1.67 bits per heavy atom. The van der Waals surface area contributed by atoms with Crippen LogP contribution in [0.15, 0.2) is 23.3 Å². The molecule has 0 unspecified atom stereocenters. The van der Waals surface area contributed by atoms with Gasteiger partial charge in [0, 0.05) is 6.54 Å². The van der Waals surface area contributed by atoms with Gasteiger partial charge in [0.1, 0.15) is 0 Å². The Hall–Kier alpha value is -0.560. The number of nitrogens with two attached hydrogens (primary N) is 1. The van der Waals surface area contributed by atoms with Gasteiger partial charge in [-0.1, -0.05) is 17.7 Å². The van der Waals surface area contributed by atoms with Crippen molar-refractivity contribution in [3.05, 3.63) is 23.3 Å². The van der Waals surface area contributed by atoms with E-state index in [4.69, 9.17) is 5.73 Å². The second kappa shape index (κ2) is 2.83. The third-order valence-electron chi connectivity index (χ3n) is 1.61. The molecule has 0 radical (unpaired) electrons. The molecular weight excluding hydrogens is 110 g/mol. The monoisotopic (exact) mass is 123 g/mol. The van der Waals surface area contributed by atoms with Crippen LogP contribution < -0.4 is 5.73 Å². The SMILES string of the molecule is CC1=CC(CN)=CCC1. The Morgan fingerprint density at radius 3 is 2.89 bits per heavy atom. The predicted molar refractivity (Wildman–Crippen MR) is 40.1 cm³/mol. The molecule has 0 saturated heterocycles. The van der Waals surface area contributed by atoms with Crippen molar-refractivity contribution >= 4 is 0 Å². The van der Waals surface area contributed by atoms with Crippen LogP contribution in [0.3, 0.4) is 0 Å². The lowest BCUT2D eigenvalue weighted by Crippen LogP contribution is -2.03. The van der Waals surface area contributed by atoms with Crippen LogP contribution in [-0.4, -0.2) is 6.54 Å². The molecule has 0 heterocycles. The summed E-state index contributed by atoms with van der Waals surface area (Å²) in [5, 5.41) is 0. The zero-order chi connectivity index (χ0) is 6.69. The second-order valence-electron chi connectivity index (χ2n) is 2.51. The summed E-state index contributed by atoms with van der Waals surface area (Å²) >= 11 is 0. The standard InChI is InChI=1S/C8H13N/c1-7-3-2-4-8(5-7)6-9/h4-5H,2-3,6,9H2,1H3. The molecule has 0 spiro atoms. The Bertz CT molecular complexity index is 154. The summed E-state index contributed by atoms with van der Waals surface area (Å²) in [6.07, 6.45) is 6.79. The average molecular weight is 123 g/mol. The number of hydrogen-bond acceptors (Lipinski definition) is 1. The molecule has 0 aromatic rings. The minimum Gasteiger partial charge on any atom is -0.327 e. The first-order chi connectivity index (χ1) is 4.33. The van der Waals surface area contributed by atoms with E-state index >= 15 is 0 Å². The summed E-state index contributed by atoms with van der Waals surface area (Å²) < 4.78 is 0. The van der Waals surface area contributed by atoms with E-state index in [1.54, 1.807) is 0 Å². The third-order valence-corrected chi connectivity index (χ3v) is 1.61. The minimum atomic E-state index is 0.692. The highest BCUT2D eigenvalue weighted by Gasteiger charge is 1.97. The summed E-state index contributed by atoms with van der Waals surface area (Å²) in [6.45, 7) is 2.85. The summed E-state index contributed by atoms with van der Waals surface area (Å²) in [5.41, 5.74) is 8.20. The maximum atomic E-state index is 5.45. The zero-order valence-corrected chi connectivity index (χ0v) is 5.85. The average Bonchev–Trinajstić information content (AvgIpc) is 1.88. The molecular formula is C8H13N. The first kappa shape index (κ1) is 6.56. The fraction of sp³-hybridized carbons (Fsp3) is 0.500. The zero-order valence-electron chi connectivity index (χ0n) is 5.85. The first-order valence-electron chi connectivity index (χ1n) is 3.39. The molecule has 0 aromatic heterocycles. The summed E-state index contributed by atoms with van der Waals surface area (Å²) in [5.74, 6) is 0. The third kappa shape index (κ3) is 1.68. The van der Waals surface area contributed by atoms with E-state index in [9.17, 15) is 0 Å². The van der Waals surface area contributed by atoms with Crippen molar-refractivity contribution < 1.29 is 0 Å². The van der Waals surface area contributed by atoms with Gasteiger partial charge in [0.05, 0.1) is 0 Å². The normalized spacial score (nSPS) is 18.9. The van der Waals surface area contributed by atoms with Crippen LogP contribution in [0.5, 0.6) is 0 Å². The van der Waals surface area contributed by atoms with Gasteiger partial charge in [-0.05, 0) is 25.3 Å². The highest BCUT2D eigenvalue weighted by atomic mass is 14.5. The fourth-order valence-corrected chi connectivity index (χ4v) is 1.08. The molecule has 2 N–H and O–H groups in total. The van der Waals surface area contributed by atoms with Gasteiger partial charge in [0.2, 0.25) is 0 Å². The lowest BCUT2D eigenvalue weighted by molar-refractivity contribution is 0.932. The van der Waals surface area contributed by atoms with Crippen LogP contribution in [0, 0.1) is 0 Å². The lowest BCUT2D eigenvalue weighted by atomic mass is 10.0. The molecule has 1 rings (SSSR count). The molecule has 1 heteroatoms. The van der Waals surface area contributed by atoms with E-state index in [-0.39, 0.29) is 0 Å². The van der Waals surface area contributed by atoms with E-state index in [0.717, 1.165) is 0 Å². The van der Waals surface area contributed by atoms with Gasteiger partial charge < -0.3 is 5.73 Å². The fourth-order valence-electron chi connectivity index (χ4n) is 1.08.